The minimum Gasteiger partial charge on any atom is -0.324 e. The Labute approximate surface area is 151 Å². The third kappa shape index (κ3) is 4.55. The summed E-state index contributed by atoms with van der Waals surface area (Å²) in [4.78, 5) is 21.1. The second-order valence-electron chi connectivity index (χ2n) is 5.67. The van der Waals surface area contributed by atoms with Gasteiger partial charge in [0.15, 0.2) is 0 Å². The molecule has 6 heteroatoms. The molecule has 0 atom stereocenters. The average molecular weight is 353 g/mol. The Morgan fingerprint density at radius 1 is 0.920 bits per heavy atom. The van der Waals surface area contributed by atoms with E-state index in [1.165, 1.54) is 0 Å². The number of carbonyl (C=O) groups excluding carboxylic acids is 1. The van der Waals surface area contributed by atoms with Gasteiger partial charge in [0, 0.05) is 22.1 Å². The third-order valence-electron chi connectivity index (χ3n) is 3.50. The van der Waals surface area contributed by atoms with Crippen LogP contribution in [-0.2, 0) is 0 Å². The van der Waals surface area contributed by atoms with E-state index in [4.69, 9.17) is 11.6 Å². The summed E-state index contributed by atoms with van der Waals surface area (Å²) in [5, 5.41) is 6.56. The van der Waals surface area contributed by atoms with Gasteiger partial charge in [0.2, 0.25) is 5.95 Å². The predicted octanol–water partition coefficient (Wildman–Crippen LogP) is 4.74. The van der Waals surface area contributed by atoms with E-state index < -0.39 is 0 Å². The molecule has 0 aliphatic carbocycles. The van der Waals surface area contributed by atoms with Crippen LogP contribution in [0.1, 0.15) is 21.7 Å². The molecule has 1 heterocycles. The molecule has 0 spiro atoms. The number of nitrogens with zero attached hydrogens (tertiary/aromatic N) is 2. The number of anilines is 3. The number of halogens is 1. The van der Waals surface area contributed by atoms with Gasteiger partial charge >= 0.3 is 0 Å². The van der Waals surface area contributed by atoms with Gasteiger partial charge in [-0.2, -0.15) is 0 Å². The topological polar surface area (TPSA) is 66.9 Å². The summed E-state index contributed by atoms with van der Waals surface area (Å²) in [6.07, 6.45) is 0. The number of nitrogens with one attached hydrogen (secondary N) is 2. The van der Waals surface area contributed by atoms with Crippen LogP contribution in [0.2, 0.25) is 5.02 Å². The van der Waals surface area contributed by atoms with Gasteiger partial charge in [0.1, 0.15) is 5.69 Å². The molecule has 0 saturated carbocycles. The third-order valence-corrected chi connectivity index (χ3v) is 3.75. The van der Waals surface area contributed by atoms with Crippen LogP contribution in [0.3, 0.4) is 0 Å². The first-order chi connectivity index (χ1) is 12.0. The lowest BCUT2D eigenvalue weighted by Crippen LogP contribution is -2.15. The zero-order valence-electron chi connectivity index (χ0n) is 13.9. The van der Waals surface area contributed by atoms with E-state index in [1.807, 2.05) is 50.2 Å². The Kier molecular flexibility index (Phi) is 4.95. The van der Waals surface area contributed by atoms with Gasteiger partial charge in [0.05, 0.1) is 0 Å². The molecule has 3 rings (SSSR count). The molecular formula is C19H17ClN4O. The van der Waals surface area contributed by atoms with Crippen molar-refractivity contribution in [2.75, 3.05) is 10.6 Å². The molecule has 0 aliphatic rings. The van der Waals surface area contributed by atoms with Gasteiger partial charge in [-0.1, -0.05) is 29.3 Å². The SMILES string of the molecule is Cc1ccc(NC(=O)c2cc(C)nc(Nc3ccc(Cl)cc3)n2)cc1. The Balaban J connectivity index is 1.79. The highest BCUT2D eigenvalue weighted by Gasteiger charge is 2.11. The van der Waals surface area contributed by atoms with Crippen molar-refractivity contribution >= 4 is 34.8 Å². The quantitative estimate of drug-likeness (QED) is 0.711. The number of carbonyl (C=O) groups is 1. The molecular weight excluding hydrogens is 336 g/mol. The lowest BCUT2D eigenvalue weighted by atomic mass is 10.2. The van der Waals surface area contributed by atoms with Crippen molar-refractivity contribution in [2.45, 2.75) is 13.8 Å². The van der Waals surface area contributed by atoms with E-state index in [2.05, 4.69) is 20.6 Å². The van der Waals surface area contributed by atoms with Crippen molar-refractivity contribution in [3.8, 4) is 0 Å². The van der Waals surface area contributed by atoms with Gasteiger partial charge in [-0.05, 0) is 56.3 Å². The molecule has 0 aliphatic heterocycles. The molecule has 5 nitrogen and oxygen atoms in total. The second kappa shape index (κ2) is 7.32. The summed E-state index contributed by atoms with van der Waals surface area (Å²) in [5.41, 5.74) is 3.63. The van der Waals surface area contributed by atoms with E-state index in [0.717, 1.165) is 16.9 Å². The minimum absolute atomic E-state index is 0.284. The molecule has 2 aromatic carbocycles. The monoisotopic (exact) mass is 352 g/mol. The number of hydrogen-bond acceptors (Lipinski definition) is 4. The van der Waals surface area contributed by atoms with Crippen molar-refractivity contribution in [3.05, 3.63) is 76.6 Å². The minimum atomic E-state index is -0.284. The number of rotatable bonds is 4. The summed E-state index contributed by atoms with van der Waals surface area (Å²) in [7, 11) is 0. The zero-order chi connectivity index (χ0) is 17.8. The van der Waals surface area contributed by atoms with E-state index in [9.17, 15) is 4.79 Å². The molecule has 0 saturated heterocycles. The standard InChI is InChI=1S/C19H17ClN4O/c1-12-3-7-15(8-4-12)22-18(25)17-11-13(2)21-19(24-17)23-16-9-5-14(20)6-10-16/h3-11H,1-2H3,(H,22,25)(H,21,23,24). The molecule has 25 heavy (non-hydrogen) atoms. The summed E-state index contributed by atoms with van der Waals surface area (Å²) in [6.45, 7) is 3.81. The van der Waals surface area contributed by atoms with Crippen molar-refractivity contribution < 1.29 is 4.79 Å². The highest BCUT2D eigenvalue weighted by molar-refractivity contribution is 6.30. The van der Waals surface area contributed by atoms with Crippen LogP contribution in [0.5, 0.6) is 0 Å². The number of hydrogen-bond donors (Lipinski definition) is 2. The molecule has 0 fully saturated rings. The van der Waals surface area contributed by atoms with E-state index in [-0.39, 0.29) is 5.91 Å². The Morgan fingerprint density at radius 3 is 2.24 bits per heavy atom. The van der Waals surface area contributed by atoms with Crippen LogP contribution in [0, 0.1) is 13.8 Å². The zero-order valence-corrected chi connectivity index (χ0v) is 14.6. The van der Waals surface area contributed by atoms with Crippen molar-refractivity contribution in [1.82, 2.24) is 9.97 Å². The number of amides is 1. The van der Waals surface area contributed by atoms with Crippen LogP contribution < -0.4 is 10.6 Å². The van der Waals surface area contributed by atoms with Crippen LogP contribution >= 0.6 is 11.6 Å². The van der Waals surface area contributed by atoms with Gasteiger partial charge in [0.25, 0.3) is 5.91 Å². The van der Waals surface area contributed by atoms with E-state index >= 15 is 0 Å². The second-order valence-corrected chi connectivity index (χ2v) is 6.11. The highest BCUT2D eigenvalue weighted by Crippen LogP contribution is 2.18. The molecule has 1 aromatic heterocycles. The van der Waals surface area contributed by atoms with Gasteiger partial charge in [-0.25, -0.2) is 9.97 Å². The fourth-order valence-electron chi connectivity index (χ4n) is 2.24. The molecule has 0 unspecified atom stereocenters. The van der Waals surface area contributed by atoms with E-state index in [1.54, 1.807) is 18.2 Å². The van der Waals surface area contributed by atoms with Crippen LogP contribution in [-0.4, -0.2) is 15.9 Å². The van der Waals surface area contributed by atoms with E-state index in [0.29, 0.717) is 22.4 Å². The van der Waals surface area contributed by atoms with Crippen molar-refractivity contribution in [2.24, 2.45) is 0 Å². The fourth-order valence-corrected chi connectivity index (χ4v) is 2.36. The summed E-state index contributed by atoms with van der Waals surface area (Å²) < 4.78 is 0. The first-order valence-corrected chi connectivity index (χ1v) is 8.14. The first-order valence-electron chi connectivity index (χ1n) is 7.76. The van der Waals surface area contributed by atoms with Gasteiger partial charge < -0.3 is 10.6 Å². The molecule has 126 valence electrons. The Hall–Kier alpha value is -2.92. The number of aryl methyl sites for hydroxylation is 2. The molecule has 0 bridgehead atoms. The summed E-state index contributed by atoms with van der Waals surface area (Å²) in [5.74, 6) is 0.0740. The maximum atomic E-state index is 12.5. The molecule has 3 aromatic rings. The summed E-state index contributed by atoms with van der Waals surface area (Å²) in [6, 6.07) is 16.4. The van der Waals surface area contributed by atoms with Crippen molar-refractivity contribution in [1.29, 1.82) is 0 Å². The Bertz CT molecular complexity index is 892. The summed E-state index contributed by atoms with van der Waals surface area (Å²) >= 11 is 5.88. The van der Waals surface area contributed by atoms with Gasteiger partial charge in [-0.3, -0.25) is 4.79 Å². The number of aromatic nitrogens is 2. The maximum absolute atomic E-state index is 12.5. The molecule has 2 N–H and O–H groups in total. The lowest BCUT2D eigenvalue weighted by Gasteiger charge is -2.09. The molecule has 1 amide bonds. The predicted molar refractivity (Wildman–Crippen MR) is 101 cm³/mol. The highest BCUT2D eigenvalue weighted by atomic mass is 35.5. The normalized spacial score (nSPS) is 10.4. The average Bonchev–Trinajstić information content (AvgIpc) is 2.58. The van der Waals surface area contributed by atoms with Gasteiger partial charge in [-0.15, -0.1) is 0 Å². The largest absolute Gasteiger partial charge is 0.324 e. The first kappa shape index (κ1) is 16.9. The fraction of sp³-hybridized carbons (Fsp3) is 0.105. The van der Waals surface area contributed by atoms with Crippen LogP contribution in [0.4, 0.5) is 17.3 Å². The molecule has 0 radical (unpaired) electrons. The van der Waals surface area contributed by atoms with Crippen LogP contribution in [0.15, 0.2) is 54.6 Å². The maximum Gasteiger partial charge on any atom is 0.274 e. The van der Waals surface area contributed by atoms with Crippen LogP contribution in [0.25, 0.3) is 0 Å². The lowest BCUT2D eigenvalue weighted by molar-refractivity contribution is 0.102. The van der Waals surface area contributed by atoms with Crippen molar-refractivity contribution in [3.63, 3.8) is 0 Å². The smallest absolute Gasteiger partial charge is 0.274 e. The number of benzene rings is 2. The Morgan fingerprint density at radius 2 is 1.56 bits per heavy atom.